The molecule has 0 aliphatic rings. The zero-order valence-corrected chi connectivity index (χ0v) is 7.00. The van der Waals surface area contributed by atoms with Gasteiger partial charge in [0.1, 0.15) is 0 Å². The van der Waals surface area contributed by atoms with Crippen LogP contribution in [0.5, 0.6) is 0 Å². The minimum atomic E-state index is 0.0486. The van der Waals surface area contributed by atoms with Crippen molar-refractivity contribution in [1.82, 2.24) is 0 Å². The first-order chi connectivity index (χ1) is 5.22. The lowest BCUT2D eigenvalue weighted by molar-refractivity contribution is 0.502. The molecule has 0 aliphatic carbocycles. The van der Waals surface area contributed by atoms with Gasteiger partial charge in [-0.05, 0) is 19.3 Å². The molecule has 0 rings (SSSR count). The fourth-order valence-electron chi connectivity index (χ4n) is 0.892. The summed E-state index contributed by atoms with van der Waals surface area (Å²) in [4.78, 5) is 0. The van der Waals surface area contributed by atoms with Crippen LogP contribution in [-0.4, -0.2) is 12.1 Å². The Kier molecular flexibility index (Phi) is 5.80. The van der Waals surface area contributed by atoms with Gasteiger partial charge < -0.3 is 11.5 Å². The summed E-state index contributed by atoms with van der Waals surface area (Å²) in [5.41, 5.74) is 11.5. The minimum absolute atomic E-state index is 0.0486. The average molecular weight is 154 g/mol. The lowest BCUT2D eigenvalue weighted by Crippen LogP contribution is -2.40. The van der Waals surface area contributed by atoms with Gasteiger partial charge >= 0.3 is 0 Å². The molecule has 0 aromatic heterocycles. The van der Waals surface area contributed by atoms with Crippen molar-refractivity contribution in [2.75, 3.05) is 0 Å². The normalized spacial score (nSPS) is 15.5. The predicted octanol–water partition coefficient (Wildman–Crippen LogP) is 1.18. The largest absolute Gasteiger partial charge is 0.326 e. The molecule has 11 heavy (non-hydrogen) atoms. The first-order valence-electron chi connectivity index (χ1n) is 3.95. The van der Waals surface area contributed by atoms with Gasteiger partial charge in [-0.25, -0.2) is 0 Å². The predicted molar refractivity (Wildman–Crippen MR) is 50.2 cm³/mol. The molecule has 0 aromatic carbocycles. The summed E-state index contributed by atoms with van der Waals surface area (Å²) in [7, 11) is 0. The average Bonchev–Trinajstić information content (AvgIpc) is 2.00. The van der Waals surface area contributed by atoms with Crippen molar-refractivity contribution in [2.45, 2.75) is 31.3 Å². The summed E-state index contributed by atoms with van der Waals surface area (Å²) in [6, 6.07) is 0.124. The van der Waals surface area contributed by atoms with Crippen LogP contribution in [0.15, 0.2) is 25.3 Å². The molecule has 2 heteroatoms. The first-order valence-corrected chi connectivity index (χ1v) is 3.95. The summed E-state index contributed by atoms with van der Waals surface area (Å²) in [5.74, 6) is 0. The SMILES string of the molecule is C=CCCC(N)C(N)CC=C. The first kappa shape index (κ1) is 10.4. The van der Waals surface area contributed by atoms with E-state index in [4.69, 9.17) is 11.5 Å². The Labute approximate surface area is 69.0 Å². The smallest absolute Gasteiger partial charge is 0.0227 e. The van der Waals surface area contributed by atoms with Crippen LogP contribution in [0, 0.1) is 0 Å². The van der Waals surface area contributed by atoms with Crippen molar-refractivity contribution in [1.29, 1.82) is 0 Å². The van der Waals surface area contributed by atoms with Gasteiger partial charge in [0, 0.05) is 12.1 Å². The van der Waals surface area contributed by atoms with Crippen LogP contribution in [0.3, 0.4) is 0 Å². The molecule has 0 saturated carbocycles. The van der Waals surface area contributed by atoms with Gasteiger partial charge in [0.2, 0.25) is 0 Å². The van der Waals surface area contributed by atoms with Crippen molar-refractivity contribution in [3.63, 3.8) is 0 Å². The van der Waals surface area contributed by atoms with Crippen molar-refractivity contribution in [3.8, 4) is 0 Å². The molecule has 0 fully saturated rings. The van der Waals surface area contributed by atoms with Crippen LogP contribution in [0.2, 0.25) is 0 Å². The van der Waals surface area contributed by atoms with E-state index in [1.807, 2.05) is 6.08 Å². The van der Waals surface area contributed by atoms with E-state index in [0.29, 0.717) is 0 Å². The second-order valence-electron chi connectivity index (χ2n) is 2.72. The van der Waals surface area contributed by atoms with Crippen molar-refractivity contribution in [2.24, 2.45) is 11.5 Å². The Morgan fingerprint density at radius 1 is 1.09 bits per heavy atom. The standard InChI is InChI=1S/C9H18N2/c1-3-5-7-9(11)8(10)6-4-2/h3-4,8-9H,1-2,5-7,10-11H2. The number of nitrogens with two attached hydrogens (primary N) is 2. The van der Waals surface area contributed by atoms with Crippen molar-refractivity contribution in [3.05, 3.63) is 25.3 Å². The van der Waals surface area contributed by atoms with Gasteiger partial charge in [-0.3, -0.25) is 0 Å². The van der Waals surface area contributed by atoms with Gasteiger partial charge in [-0.2, -0.15) is 0 Å². The lowest BCUT2D eigenvalue weighted by Gasteiger charge is -2.17. The molecular formula is C9H18N2. The van der Waals surface area contributed by atoms with E-state index >= 15 is 0 Å². The molecule has 64 valence electrons. The number of allylic oxidation sites excluding steroid dienone is 1. The Hall–Kier alpha value is -0.600. The molecule has 0 aromatic rings. The third-order valence-corrected chi connectivity index (χ3v) is 1.69. The maximum atomic E-state index is 5.77. The number of hydrogen-bond acceptors (Lipinski definition) is 2. The van der Waals surface area contributed by atoms with E-state index in [9.17, 15) is 0 Å². The quantitative estimate of drug-likeness (QED) is 0.564. The highest BCUT2D eigenvalue weighted by molar-refractivity contribution is 4.84. The van der Waals surface area contributed by atoms with Crippen LogP contribution in [0.25, 0.3) is 0 Å². The summed E-state index contributed by atoms with van der Waals surface area (Å²) < 4.78 is 0. The topological polar surface area (TPSA) is 52.0 Å². The fourth-order valence-corrected chi connectivity index (χ4v) is 0.892. The summed E-state index contributed by atoms with van der Waals surface area (Å²) >= 11 is 0. The molecule has 0 heterocycles. The Balaban J connectivity index is 3.53. The van der Waals surface area contributed by atoms with Crippen LogP contribution in [0.4, 0.5) is 0 Å². The summed E-state index contributed by atoms with van der Waals surface area (Å²) in [5, 5.41) is 0. The third-order valence-electron chi connectivity index (χ3n) is 1.69. The highest BCUT2D eigenvalue weighted by atomic mass is 14.8. The molecule has 4 N–H and O–H groups in total. The molecular weight excluding hydrogens is 136 g/mol. The molecule has 2 unspecified atom stereocenters. The Morgan fingerprint density at radius 2 is 1.73 bits per heavy atom. The maximum absolute atomic E-state index is 5.77. The molecule has 2 nitrogen and oxygen atoms in total. The monoisotopic (exact) mass is 154 g/mol. The second kappa shape index (κ2) is 6.13. The van der Waals surface area contributed by atoms with Crippen LogP contribution in [-0.2, 0) is 0 Å². The summed E-state index contributed by atoms with van der Waals surface area (Å²) in [6.07, 6.45) is 6.31. The minimum Gasteiger partial charge on any atom is -0.326 e. The number of hydrogen-bond donors (Lipinski definition) is 2. The molecule has 0 spiro atoms. The van der Waals surface area contributed by atoms with Crippen molar-refractivity contribution >= 4 is 0 Å². The van der Waals surface area contributed by atoms with Crippen LogP contribution < -0.4 is 11.5 Å². The Morgan fingerprint density at radius 3 is 2.18 bits per heavy atom. The highest BCUT2D eigenvalue weighted by Crippen LogP contribution is 2.01. The molecule has 2 atom stereocenters. The molecule has 0 radical (unpaired) electrons. The zero-order chi connectivity index (χ0) is 8.69. The molecule has 0 aliphatic heterocycles. The van der Waals surface area contributed by atoms with E-state index in [1.54, 1.807) is 6.08 Å². The summed E-state index contributed by atoms with van der Waals surface area (Å²) in [6.45, 7) is 7.23. The van der Waals surface area contributed by atoms with Crippen LogP contribution in [0.1, 0.15) is 19.3 Å². The van der Waals surface area contributed by atoms with E-state index < -0.39 is 0 Å². The molecule has 0 saturated heterocycles. The van der Waals surface area contributed by atoms with Gasteiger partial charge in [0.25, 0.3) is 0 Å². The lowest BCUT2D eigenvalue weighted by atomic mass is 10.0. The molecule has 0 amide bonds. The number of rotatable bonds is 6. The molecule has 0 bridgehead atoms. The second-order valence-corrected chi connectivity index (χ2v) is 2.72. The third kappa shape index (κ3) is 4.76. The maximum Gasteiger partial charge on any atom is 0.0227 e. The van der Waals surface area contributed by atoms with Crippen LogP contribution >= 0.6 is 0 Å². The van der Waals surface area contributed by atoms with E-state index in [2.05, 4.69) is 13.2 Å². The highest BCUT2D eigenvalue weighted by Gasteiger charge is 2.09. The van der Waals surface area contributed by atoms with Gasteiger partial charge in [-0.15, -0.1) is 13.2 Å². The zero-order valence-electron chi connectivity index (χ0n) is 7.00. The van der Waals surface area contributed by atoms with Gasteiger partial charge in [-0.1, -0.05) is 12.2 Å². The Bertz CT molecular complexity index is 121. The van der Waals surface area contributed by atoms with Gasteiger partial charge in [0.05, 0.1) is 0 Å². The van der Waals surface area contributed by atoms with E-state index in [0.717, 1.165) is 19.3 Å². The fraction of sp³-hybridized carbons (Fsp3) is 0.556. The van der Waals surface area contributed by atoms with Crippen molar-refractivity contribution < 1.29 is 0 Å². The van der Waals surface area contributed by atoms with E-state index in [1.165, 1.54) is 0 Å². The van der Waals surface area contributed by atoms with Gasteiger partial charge in [0.15, 0.2) is 0 Å². The van der Waals surface area contributed by atoms with E-state index in [-0.39, 0.29) is 12.1 Å².